The van der Waals surface area contributed by atoms with Crippen LogP contribution in [0.5, 0.6) is 0 Å². The van der Waals surface area contributed by atoms with Crippen molar-refractivity contribution >= 4 is 15.7 Å². The highest BCUT2D eigenvalue weighted by Gasteiger charge is 2.17. The first kappa shape index (κ1) is 20.6. The molecule has 1 rings (SSSR count). The second-order valence-corrected chi connectivity index (χ2v) is 8.37. The van der Waals surface area contributed by atoms with E-state index in [2.05, 4.69) is 13.8 Å². The predicted octanol–water partition coefficient (Wildman–Crippen LogP) is 1.55. The number of nitrogens with zero attached hydrogens (tertiary/aromatic N) is 1. The lowest BCUT2D eigenvalue weighted by molar-refractivity contribution is 0.0789. The van der Waals surface area contributed by atoms with Gasteiger partial charge in [0.05, 0.1) is 17.3 Å². The van der Waals surface area contributed by atoms with Crippen molar-refractivity contribution in [1.82, 2.24) is 4.90 Å². The van der Waals surface area contributed by atoms with Crippen LogP contribution in [0.2, 0.25) is 0 Å². The number of ether oxygens (including phenoxy) is 1. The highest BCUT2D eigenvalue weighted by molar-refractivity contribution is 7.91. The third-order valence-electron chi connectivity index (χ3n) is 4.02. The molecule has 24 heavy (non-hydrogen) atoms. The summed E-state index contributed by atoms with van der Waals surface area (Å²) in [5.74, 6) is 0.140. The molecule has 7 heteroatoms. The molecule has 1 aromatic rings. The highest BCUT2D eigenvalue weighted by atomic mass is 32.2. The Morgan fingerprint density at radius 3 is 2.33 bits per heavy atom. The van der Waals surface area contributed by atoms with E-state index in [0.717, 1.165) is 6.42 Å². The fourth-order valence-corrected chi connectivity index (χ4v) is 3.29. The predicted molar refractivity (Wildman–Crippen MR) is 94.8 cm³/mol. The number of benzene rings is 1. The summed E-state index contributed by atoms with van der Waals surface area (Å²) in [7, 11) is -0.205. The number of amides is 1. The van der Waals surface area contributed by atoms with Gasteiger partial charge < -0.3 is 15.4 Å². The van der Waals surface area contributed by atoms with Crippen molar-refractivity contribution in [2.24, 2.45) is 11.7 Å². The summed E-state index contributed by atoms with van der Waals surface area (Å²) in [5.41, 5.74) is 6.46. The van der Waals surface area contributed by atoms with E-state index in [9.17, 15) is 13.2 Å². The van der Waals surface area contributed by atoms with E-state index in [0.29, 0.717) is 18.0 Å². The Kier molecular flexibility index (Phi) is 7.86. The maximum Gasteiger partial charge on any atom is 0.253 e. The van der Waals surface area contributed by atoms with E-state index in [4.69, 9.17) is 10.5 Å². The van der Waals surface area contributed by atoms with E-state index >= 15 is 0 Å². The first-order chi connectivity index (χ1) is 11.2. The summed E-state index contributed by atoms with van der Waals surface area (Å²) in [5, 5.41) is 0. The minimum Gasteiger partial charge on any atom is -0.384 e. The monoisotopic (exact) mass is 356 g/mol. The molecule has 2 N–H and O–H groups in total. The molecule has 136 valence electrons. The fraction of sp³-hybridized carbons (Fsp3) is 0.588. The van der Waals surface area contributed by atoms with Crippen molar-refractivity contribution in [1.29, 1.82) is 0 Å². The van der Waals surface area contributed by atoms with Crippen molar-refractivity contribution < 1.29 is 17.9 Å². The maximum absolute atomic E-state index is 12.4. The van der Waals surface area contributed by atoms with Crippen molar-refractivity contribution in [3.8, 4) is 0 Å². The van der Waals surface area contributed by atoms with Crippen molar-refractivity contribution in [3.05, 3.63) is 29.8 Å². The average Bonchev–Trinajstić information content (AvgIpc) is 2.56. The van der Waals surface area contributed by atoms with Crippen LogP contribution in [-0.2, 0) is 14.6 Å². The highest BCUT2D eigenvalue weighted by Crippen LogP contribution is 2.14. The Balaban J connectivity index is 2.72. The van der Waals surface area contributed by atoms with Gasteiger partial charge in [-0.25, -0.2) is 8.42 Å². The van der Waals surface area contributed by atoms with Crippen LogP contribution >= 0.6 is 0 Å². The molecule has 1 unspecified atom stereocenters. The smallest absolute Gasteiger partial charge is 0.253 e. The number of carbonyl (C=O) groups is 1. The Morgan fingerprint density at radius 2 is 1.83 bits per heavy atom. The molecule has 0 aliphatic carbocycles. The van der Waals surface area contributed by atoms with E-state index in [-0.39, 0.29) is 29.2 Å². The molecular weight excluding hydrogens is 328 g/mol. The summed E-state index contributed by atoms with van der Waals surface area (Å²) in [4.78, 5) is 14.2. The molecule has 0 saturated carbocycles. The number of nitrogens with two attached hydrogens (primary N) is 1. The first-order valence-electron chi connectivity index (χ1n) is 8.02. The Hall–Kier alpha value is -1.44. The summed E-state index contributed by atoms with van der Waals surface area (Å²) in [6, 6.07) is 6.06. The van der Waals surface area contributed by atoms with Gasteiger partial charge in [-0.05, 0) is 36.6 Å². The molecular formula is C17H28N2O4S. The summed E-state index contributed by atoms with van der Waals surface area (Å²) in [6.07, 6.45) is 0.726. The zero-order valence-electron chi connectivity index (χ0n) is 14.9. The molecule has 0 saturated heterocycles. The maximum atomic E-state index is 12.4. The lowest BCUT2D eigenvalue weighted by Gasteiger charge is -2.21. The zero-order chi connectivity index (χ0) is 18.3. The second-order valence-electron chi connectivity index (χ2n) is 6.26. The molecule has 0 bridgehead atoms. The number of carbonyl (C=O) groups excluding carboxylic acids is 1. The van der Waals surface area contributed by atoms with Crippen LogP contribution in [0.15, 0.2) is 29.2 Å². The number of hydrogen-bond acceptors (Lipinski definition) is 5. The lowest BCUT2D eigenvalue weighted by Crippen LogP contribution is -2.34. The van der Waals surface area contributed by atoms with Gasteiger partial charge >= 0.3 is 0 Å². The summed E-state index contributed by atoms with van der Waals surface area (Å²) < 4.78 is 28.9. The number of sulfone groups is 1. The van der Waals surface area contributed by atoms with Gasteiger partial charge in [-0.2, -0.15) is 0 Å². The van der Waals surface area contributed by atoms with Crippen LogP contribution in [-0.4, -0.2) is 58.3 Å². The molecule has 0 aromatic heterocycles. The second kappa shape index (κ2) is 9.15. The van der Waals surface area contributed by atoms with Gasteiger partial charge in [-0.3, -0.25) is 4.79 Å². The van der Waals surface area contributed by atoms with Gasteiger partial charge in [0.1, 0.15) is 0 Å². The molecule has 0 aliphatic rings. The van der Waals surface area contributed by atoms with Crippen LogP contribution in [0.3, 0.4) is 0 Å². The standard InChI is InChI=1S/C17H28N2O4S/c1-13(2)16(18)9-10-19(3)17(20)14-5-7-15(8-6-14)24(21,22)12-11-23-4/h5-8,13,16H,9-12,18H2,1-4H3. The van der Waals surface area contributed by atoms with Crippen molar-refractivity contribution in [2.75, 3.05) is 33.1 Å². The summed E-state index contributed by atoms with van der Waals surface area (Å²) >= 11 is 0. The number of hydrogen-bond donors (Lipinski definition) is 1. The van der Waals surface area contributed by atoms with Crippen LogP contribution in [0.25, 0.3) is 0 Å². The van der Waals surface area contributed by atoms with Crippen LogP contribution < -0.4 is 5.73 Å². The Labute approximate surface area is 144 Å². The van der Waals surface area contributed by atoms with Crippen molar-refractivity contribution in [3.63, 3.8) is 0 Å². The molecule has 0 aliphatic heterocycles. The van der Waals surface area contributed by atoms with E-state index in [1.807, 2.05) is 0 Å². The molecule has 0 radical (unpaired) electrons. The Morgan fingerprint density at radius 1 is 1.25 bits per heavy atom. The molecule has 1 atom stereocenters. The van der Waals surface area contributed by atoms with Gasteiger partial charge in [0.25, 0.3) is 5.91 Å². The molecule has 0 fully saturated rings. The average molecular weight is 356 g/mol. The van der Waals surface area contributed by atoms with Gasteiger partial charge in [0.15, 0.2) is 9.84 Å². The molecule has 1 aromatic carbocycles. The number of methoxy groups -OCH3 is 1. The minimum absolute atomic E-state index is 0.0496. The van der Waals surface area contributed by atoms with E-state index in [1.54, 1.807) is 24.1 Å². The van der Waals surface area contributed by atoms with Crippen molar-refractivity contribution in [2.45, 2.75) is 31.2 Å². The number of rotatable bonds is 9. The normalized spacial score (nSPS) is 13.1. The van der Waals surface area contributed by atoms with Crippen LogP contribution in [0.4, 0.5) is 0 Å². The van der Waals surface area contributed by atoms with E-state index in [1.165, 1.54) is 19.2 Å². The van der Waals surface area contributed by atoms with Gasteiger partial charge in [-0.1, -0.05) is 13.8 Å². The van der Waals surface area contributed by atoms with Crippen LogP contribution in [0, 0.1) is 5.92 Å². The van der Waals surface area contributed by atoms with Crippen LogP contribution in [0.1, 0.15) is 30.6 Å². The SMILES string of the molecule is COCCS(=O)(=O)c1ccc(C(=O)N(C)CCC(N)C(C)C)cc1. The lowest BCUT2D eigenvalue weighted by atomic mass is 10.0. The topological polar surface area (TPSA) is 89.7 Å². The molecule has 0 heterocycles. The largest absolute Gasteiger partial charge is 0.384 e. The quantitative estimate of drug-likeness (QED) is 0.725. The zero-order valence-corrected chi connectivity index (χ0v) is 15.7. The van der Waals surface area contributed by atoms with Gasteiger partial charge in [0, 0.05) is 32.3 Å². The molecule has 0 spiro atoms. The van der Waals surface area contributed by atoms with Gasteiger partial charge in [-0.15, -0.1) is 0 Å². The first-order valence-corrected chi connectivity index (χ1v) is 9.67. The Bertz CT molecular complexity index is 626. The minimum atomic E-state index is -3.38. The third kappa shape index (κ3) is 5.89. The summed E-state index contributed by atoms with van der Waals surface area (Å²) in [6.45, 7) is 4.80. The fourth-order valence-electron chi connectivity index (χ4n) is 2.11. The van der Waals surface area contributed by atoms with Gasteiger partial charge in [0.2, 0.25) is 0 Å². The molecule has 1 amide bonds. The third-order valence-corrected chi connectivity index (χ3v) is 5.71. The molecule has 6 nitrogen and oxygen atoms in total. The van der Waals surface area contributed by atoms with E-state index < -0.39 is 9.84 Å².